The minimum absolute atomic E-state index is 0.174. The summed E-state index contributed by atoms with van der Waals surface area (Å²) in [6.07, 6.45) is 0. The first-order valence-corrected chi connectivity index (χ1v) is 5.76. The number of hydrogen-bond donors (Lipinski definition) is 2. The first-order chi connectivity index (χ1) is 7.49. The van der Waals surface area contributed by atoms with Crippen LogP contribution in [0.25, 0.3) is 0 Å². The number of benzene rings is 1. The van der Waals surface area contributed by atoms with Gasteiger partial charge < -0.3 is 10.6 Å². The van der Waals surface area contributed by atoms with E-state index in [0.717, 1.165) is 0 Å². The lowest BCUT2D eigenvalue weighted by Gasteiger charge is -2.09. The molecule has 1 amide bonds. The van der Waals surface area contributed by atoms with E-state index in [1.807, 2.05) is 13.8 Å². The normalized spacial score (nSPS) is 10.6. The van der Waals surface area contributed by atoms with Gasteiger partial charge in [-0.05, 0) is 18.2 Å². The molecule has 0 aromatic heterocycles. The fourth-order valence-corrected chi connectivity index (χ4v) is 1.42. The van der Waals surface area contributed by atoms with Crippen LogP contribution in [0.4, 0.5) is 10.1 Å². The Morgan fingerprint density at radius 3 is 2.75 bits per heavy atom. The lowest BCUT2D eigenvalue weighted by molar-refractivity contribution is -0.115. The Labute approximate surface area is 103 Å². The van der Waals surface area contributed by atoms with E-state index in [9.17, 15) is 9.18 Å². The van der Waals surface area contributed by atoms with Crippen LogP contribution in [-0.2, 0) is 4.79 Å². The van der Waals surface area contributed by atoms with E-state index >= 15 is 0 Å². The number of halogens is 2. The third-order valence-corrected chi connectivity index (χ3v) is 2.37. The molecule has 1 aromatic rings. The Balaban J connectivity index is 2.56. The molecule has 88 valence electrons. The predicted octanol–water partition coefficient (Wildman–Crippen LogP) is 2.52. The maximum atomic E-state index is 13.3. The molecule has 1 rings (SSSR count). The molecule has 2 N–H and O–H groups in total. The van der Waals surface area contributed by atoms with Gasteiger partial charge in [0.05, 0.1) is 12.2 Å². The van der Waals surface area contributed by atoms with Crippen molar-refractivity contribution in [1.82, 2.24) is 5.32 Å². The molecular formula is C11H14BrFN2O. The van der Waals surface area contributed by atoms with Crippen molar-refractivity contribution >= 4 is 27.5 Å². The van der Waals surface area contributed by atoms with Crippen LogP contribution in [0.5, 0.6) is 0 Å². The molecule has 0 atom stereocenters. The average molecular weight is 289 g/mol. The van der Waals surface area contributed by atoms with Crippen molar-refractivity contribution in [1.29, 1.82) is 0 Å². The van der Waals surface area contributed by atoms with Gasteiger partial charge in [0.25, 0.3) is 0 Å². The van der Waals surface area contributed by atoms with Crippen molar-refractivity contribution in [2.24, 2.45) is 0 Å². The Morgan fingerprint density at radius 2 is 2.19 bits per heavy atom. The third-order valence-electron chi connectivity index (χ3n) is 1.88. The van der Waals surface area contributed by atoms with Gasteiger partial charge in [-0.3, -0.25) is 4.79 Å². The smallest absolute Gasteiger partial charge is 0.238 e. The summed E-state index contributed by atoms with van der Waals surface area (Å²) in [7, 11) is 0. The number of nitrogens with one attached hydrogen (secondary N) is 2. The highest BCUT2D eigenvalue weighted by Crippen LogP contribution is 2.18. The molecule has 0 heterocycles. The van der Waals surface area contributed by atoms with Gasteiger partial charge in [-0.15, -0.1) is 0 Å². The first-order valence-electron chi connectivity index (χ1n) is 4.97. The van der Waals surface area contributed by atoms with Crippen LogP contribution in [0.2, 0.25) is 0 Å². The Morgan fingerprint density at radius 1 is 1.50 bits per heavy atom. The minimum atomic E-state index is -0.452. The van der Waals surface area contributed by atoms with Gasteiger partial charge in [-0.2, -0.15) is 0 Å². The van der Waals surface area contributed by atoms with Crippen molar-refractivity contribution in [3.8, 4) is 0 Å². The van der Waals surface area contributed by atoms with Crippen LogP contribution in [0.1, 0.15) is 13.8 Å². The summed E-state index contributed by atoms with van der Waals surface area (Å²) >= 11 is 3.15. The summed E-state index contributed by atoms with van der Waals surface area (Å²) in [5.41, 5.74) is 0.193. The van der Waals surface area contributed by atoms with Crippen molar-refractivity contribution in [3.63, 3.8) is 0 Å². The molecule has 16 heavy (non-hydrogen) atoms. The van der Waals surface area contributed by atoms with Gasteiger partial charge in [0.15, 0.2) is 0 Å². The van der Waals surface area contributed by atoms with E-state index in [1.54, 1.807) is 6.07 Å². The van der Waals surface area contributed by atoms with Crippen LogP contribution >= 0.6 is 15.9 Å². The molecule has 0 fully saturated rings. The van der Waals surface area contributed by atoms with E-state index in [1.165, 1.54) is 12.1 Å². The van der Waals surface area contributed by atoms with Crippen molar-refractivity contribution in [3.05, 3.63) is 28.5 Å². The van der Waals surface area contributed by atoms with E-state index in [0.29, 0.717) is 4.47 Å². The van der Waals surface area contributed by atoms with Crippen LogP contribution in [0.15, 0.2) is 22.7 Å². The largest absolute Gasteiger partial charge is 0.322 e. The zero-order chi connectivity index (χ0) is 12.1. The second-order valence-electron chi connectivity index (χ2n) is 3.71. The SMILES string of the molecule is CC(C)NCC(=O)Nc1ccc(Br)cc1F. The highest BCUT2D eigenvalue weighted by atomic mass is 79.9. The standard InChI is InChI=1S/C11H14BrFN2O/c1-7(2)14-6-11(16)15-10-4-3-8(12)5-9(10)13/h3-5,7,14H,6H2,1-2H3,(H,15,16). The monoisotopic (exact) mass is 288 g/mol. The van der Waals surface area contributed by atoms with Gasteiger partial charge >= 0.3 is 0 Å². The molecule has 3 nitrogen and oxygen atoms in total. The van der Waals surface area contributed by atoms with Crippen molar-refractivity contribution in [2.45, 2.75) is 19.9 Å². The topological polar surface area (TPSA) is 41.1 Å². The maximum Gasteiger partial charge on any atom is 0.238 e. The van der Waals surface area contributed by atoms with Gasteiger partial charge in [0, 0.05) is 10.5 Å². The fourth-order valence-electron chi connectivity index (χ4n) is 1.08. The highest BCUT2D eigenvalue weighted by molar-refractivity contribution is 9.10. The first kappa shape index (κ1) is 13.1. The van der Waals surface area contributed by atoms with Gasteiger partial charge in [-0.1, -0.05) is 29.8 Å². The van der Waals surface area contributed by atoms with E-state index in [4.69, 9.17) is 0 Å². The van der Waals surface area contributed by atoms with Crippen LogP contribution in [-0.4, -0.2) is 18.5 Å². The summed E-state index contributed by atoms with van der Waals surface area (Å²) < 4.78 is 14.0. The molecule has 0 aliphatic heterocycles. The van der Waals surface area contributed by atoms with Crippen LogP contribution in [0.3, 0.4) is 0 Å². The van der Waals surface area contributed by atoms with Gasteiger partial charge in [0.1, 0.15) is 5.82 Å². The molecule has 0 saturated carbocycles. The number of rotatable bonds is 4. The van der Waals surface area contributed by atoms with Gasteiger partial charge in [0.2, 0.25) is 5.91 Å². The van der Waals surface area contributed by atoms with Crippen molar-refractivity contribution in [2.75, 3.05) is 11.9 Å². The van der Waals surface area contributed by atoms with Crippen molar-refractivity contribution < 1.29 is 9.18 Å². The Kier molecular flexibility index (Phi) is 4.89. The number of carbonyl (C=O) groups is 1. The van der Waals surface area contributed by atoms with E-state index in [2.05, 4.69) is 26.6 Å². The molecular weight excluding hydrogens is 275 g/mol. The summed E-state index contributed by atoms with van der Waals surface area (Å²) in [4.78, 5) is 11.4. The quantitative estimate of drug-likeness (QED) is 0.894. The second kappa shape index (κ2) is 5.96. The Hall–Kier alpha value is -0.940. The molecule has 1 aromatic carbocycles. The molecule has 0 unspecified atom stereocenters. The average Bonchev–Trinajstić information content (AvgIpc) is 2.19. The zero-order valence-corrected chi connectivity index (χ0v) is 10.8. The molecule has 5 heteroatoms. The van der Waals surface area contributed by atoms with E-state index < -0.39 is 5.82 Å². The zero-order valence-electron chi connectivity index (χ0n) is 9.18. The summed E-state index contributed by atoms with van der Waals surface area (Å²) in [5.74, 6) is -0.706. The van der Waals surface area contributed by atoms with Gasteiger partial charge in [-0.25, -0.2) is 4.39 Å². The summed E-state index contributed by atoms with van der Waals surface area (Å²) in [6.45, 7) is 4.05. The number of anilines is 1. The highest BCUT2D eigenvalue weighted by Gasteiger charge is 2.07. The summed E-state index contributed by atoms with van der Waals surface area (Å²) in [5, 5.41) is 5.45. The fraction of sp³-hybridized carbons (Fsp3) is 0.364. The number of carbonyl (C=O) groups excluding carboxylic acids is 1. The minimum Gasteiger partial charge on any atom is -0.322 e. The van der Waals surface area contributed by atoms with Crippen LogP contribution in [0, 0.1) is 5.82 Å². The lowest BCUT2D eigenvalue weighted by Crippen LogP contribution is -2.32. The predicted molar refractivity (Wildman–Crippen MR) is 65.9 cm³/mol. The number of hydrogen-bond acceptors (Lipinski definition) is 2. The van der Waals surface area contributed by atoms with Crippen LogP contribution < -0.4 is 10.6 Å². The molecule has 0 aliphatic rings. The molecule has 0 aliphatic carbocycles. The second-order valence-corrected chi connectivity index (χ2v) is 4.62. The molecule has 0 bridgehead atoms. The third kappa shape index (κ3) is 4.28. The molecule has 0 saturated heterocycles. The lowest BCUT2D eigenvalue weighted by atomic mass is 10.3. The Bertz CT molecular complexity index is 382. The number of amides is 1. The summed E-state index contributed by atoms with van der Waals surface area (Å²) in [6, 6.07) is 4.73. The molecule has 0 radical (unpaired) electrons. The maximum absolute atomic E-state index is 13.3. The van der Waals surface area contributed by atoms with E-state index in [-0.39, 0.29) is 24.2 Å². The molecule has 0 spiro atoms.